The minimum Gasteiger partial charge on any atom is -0.481 e. The Morgan fingerprint density at radius 3 is 2.68 bits per heavy atom. The van der Waals surface area contributed by atoms with Crippen molar-refractivity contribution in [2.75, 3.05) is 46.1 Å². The molecule has 2 unspecified atom stereocenters. The third kappa shape index (κ3) is 6.94. The average molecular weight is 518 g/mol. The van der Waals surface area contributed by atoms with Gasteiger partial charge in [-0.2, -0.15) is 0 Å². The van der Waals surface area contributed by atoms with Gasteiger partial charge in [-0.1, -0.05) is 19.4 Å². The first-order valence-electron chi connectivity index (χ1n) is 14.0. The lowest BCUT2D eigenvalue weighted by Gasteiger charge is -2.31. The molecule has 1 aromatic carbocycles. The zero-order valence-corrected chi connectivity index (χ0v) is 22.1. The lowest BCUT2D eigenvalue weighted by atomic mass is 9.83. The first-order valence-corrected chi connectivity index (χ1v) is 14.0. The van der Waals surface area contributed by atoms with Crippen LogP contribution >= 0.6 is 0 Å². The Hall–Kier alpha value is -2.36. The van der Waals surface area contributed by atoms with Crippen LogP contribution in [0.4, 0.5) is 0 Å². The molecule has 2 fully saturated rings. The molecular formula is C28H43N3O6. The van der Waals surface area contributed by atoms with Gasteiger partial charge in [-0.3, -0.25) is 14.5 Å². The Kier molecular flexibility index (Phi) is 10.1. The zero-order valence-electron chi connectivity index (χ0n) is 22.1. The first kappa shape index (κ1) is 27.7. The maximum Gasteiger partial charge on any atom is 0.308 e. The van der Waals surface area contributed by atoms with Crippen molar-refractivity contribution in [2.24, 2.45) is 11.7 Å². The minimum absolute atomic E-state index is 0.0521. The fraction of sp³-hybridized carbons (Fsp3) is 0.714. The van der Waals surface area contributed by atoms with E-state index in [0.717, 1.165) is 57.1 Å². The molecule has 4 rings (SSSR count). The van der Waals surface area contributed by atoms with Crippen LogP contribution in [0.5, 0.6) is 11.5 Å². The standard InChI is InChI=1S/C28H43N3O6/c1-2-3-13-30(14-6-12-29)26(32)18-31-17-22(20-8-11-24-25(16-20)37-19-36-24)27(28(33)34)23(31)10-9-21-7-4-5-15-35-21/h8,11,16,21-23,27H,2-7,9-10,12-15,17-19,29H2,1H3,(H,33,34)/t21?,22-,23+,27?/m1/s1. The van der Waals surface area contributed by atoms with Gasteiger partial charge >= 0.3 is 5.97 Å². The molecule has 3 aliphatic heterocycles. The van der Waals surface area contributed by atoms with Crippen molar-refractivity contribution in [3.8, 4) is 11.5 Å². The fourth-order valence-electron chi connectivity index (χ4n) is 5.99. The van der Waals surface area contributed by atoms with Crippen molar-refractivity contribution >= 4 is 11.9 Å². The summed E-state index contributed by atoms with van der Waals surface area (Å²) >= 11 is 0. The lowest BCUT2D eigenvalue weighted by molar-refractivity contribution is -0.144. The van der Waals surface area contributed by atoms with E-state index in [1.54, 1.807) is 0 Å². The average Bonchev–Trinajstić information content (AvgIpc) is 3.52. The van der Waals surface area contributed by atoms with E-state index < -0.39 is 11.9 Å². The van der Waals surface area contributed by atoms with Crippen molar-refractivity contribution in [1.82, 2.24) is 9.80 Å². The number of unbranched alkanes of at least 4 members (excludes halogenated alkanes) is 1. The molecule has 206 valence electrons. The molecular weight excluding hydrogens is 474 g/mol. The molecule has 0 saturated carbocycles. The van der Waals surface area contributed by atoms with Crippen LogP contribution in [0.25, 0.3) is 0 Å². The highest BCUT2D eigenvalue weighted by molar-refractivity contribution is 5.79. The number of carboxylic acid groups (broad SMARTS) is 1. The fourth-order valence-corrected chi connectivity index (χ4v) is 5.99. The van der Waals surface area contributed by atoms with Crippen LogP contribution in [0, 0.1) is 5.92 Å². The van der Waals surface area contributed by atoms with Gasteiger partial charge in [0.2, 0.25) is 12.7 Å². The van der Waals surface area contributed by atoms with Crippen molar-refractivity contribution < 1.29 is 28.9 Å². The number of carbonyl (C=O) groups is 2. The van der Waals surface area contributed by atoms with Crippen molar-refractivity contribution in [1.29, 1.82) is 0 Å². The van der Waals surface area contributed by atoms with E-state index in [4.69, 9.17) is 19.9 Å². The number of benzene rings is 1. The van der Waals surface area contributed by atoms with Gasteiger partial charge in [-0.25, -0.2) is 0 Å². The molecule has 0 aromatic heterocycles. The van der Waals surface area contributed by atoms with E-state index in [-0.39, 0.29) is 37.3 Å². The van der Waals surface area contributed by atoms with Gasteiger partial charge in [0, 0.05) is 38.2 Å². The monoisotopic (exact) mass is 517 g/mol. The van der Waals surface area contributed by atoms with Gasteiger partial charge in [0.1, 0.15) is 0 Å². The summed E-state index contributed by atoms with van der Waals surface area (Å²) in [5, 5.41) is 10.4. The number of hydrogen-bond donors (Lipinski definition) is 2. The van der Waals surface area contributed by atoms with E-state index in [0.29, 0.717) is 44.1 Å². The van der Waals surface area contributed by atoms with E-state index in [2.05, 4.69) is 11.8 Å². The smallest absolute Gasteiger partial charge is 0.308 e. The summed E-state index contributed by atoms with van der Waals surface area (Å²) in [6, 6.07) is 5.46. The quantitative estimate of drug-likeness (QED) is 0.410. The number of likely N-dealkylation sites (tertiary alicyclic amines) is 1. The molecule has 9 heteroatoms. The molecule has 4 atom stereocenters. The number of nitrogens with two attached hydrogens (primary N) is 1. The molecule has 1 aromatic rings. The van der Waals surface area contributed by atoms with Crippen LogP contribution < -0.4 is 15.2 Å². The van der Waals surface area contributed by atoms with Crippen LogP contribution in [-0.2, 0) is 14.3 Å². The molecule has 0 spiro atoms. The molecule has 0 bridgehead atoms. The highest BCUT2D eigenvalue weighted by Crippen LogP contribution is 2.43. The maximum atomic E-state index is 13.5. The maximum absolute atomic E-state index is 13.5. The van der Waals surface area contributed by atoms with E-state index in [1.807, 2.05) is 23.1 Å². The second-order valence-electron chi connectivity index (χ2n) is 10.5. The van der Waals surface area contributed by atoms with Gasteiger partial charge < -0.3 is 30.0 Å². The SMILES string of the molecule is CCCCN(CCCN)C(=O)CN1C[C@H](c2ccc3c(c2)OCO3)C(C(=O)O)[C@@H]1CCC1CCCCO1. The van der Waals surface area contributed by atoms with Crippen LogP contribution in [0.2, 0.25) is 0 Å². The van der Waals surface area contributed by atoms with E-state index >= 15 is 0 Å². The highest BCUT2D eigenvalue weighted by atomic mass is 16.7. The van der Waals surface area contributed by atoms with Crippen molar-refractivity contribution in [3.63, 3.8) is 0 Å². The number of hydrogen-bond acceptors (Lipinski definition) is 7. The molecule has 0 aliphatic carbocycles. The minimum atomic E-state index is -0.821. The van der Waals surface area contributed by atoms with E-state index in [1.165, 1.54) is 0 Å². The van der Waals surface area contributed by atoms with E-state index in [9.17, 15) is 14.7 Å². The second kappa shape index (κ2) is 13.4. The van der Waals surface area contributed by atoms with Crippen LogP contribution in [0.1, 0.15) is 69.8 Å². The summed E-state index contributed by atoms with van der Waals surface area (Å²) in [4.78, 5) is 30.2. The zero-order chi connectivity index (χ0) is 26.2. The van der Waals surface area contributed by atoms with Crippen LogP contribution in [0.15, 0.2) is 18.2 Å². The number of nitrogens with zero attached hydrogens (tertiary/aromatic N) is 2. The molecule has 3 aliphatic rings. The normalized spacial score (nSPS) is 25.4. The summed E-state index contributed by atoms with van der Waals surface area (Å²) in [6.07, 6.45) is 7.61. The number of ether oxygens (including phenoxy) is 3. The Morgan fingerprint density at radius 1 is 1.14 bits per heavy atom. The Bertz CT molecular complexity index is 898. The Morgan fingerprint density at radius 2 is 1.95 bits per heavy atom. The molecule has 1 amide bonds. The number of carboxylic acids is 1. The number of rotatable bonds is 13. The number of aliphatic carboxylic acids is 1. The molecule has 3 N–H and O–H groups in total. The first-order chi connectivity index (χ1) is 18.0. The third-order valence-corrected chi connectivity index (χ3v) is 8.02. The van der Waals surface area contributed by atoms with Gasteiger partial charge in [-0.15, -0.1) is 0 Å². The summed E-state index contributed by atoms with van der Waals surface area (Å²) < 4.78 is 17.0. The predicted molar refractivity (Wildman–Crippen MR) is 140 cm³/mol. The highest BCUT2D eigenvalue weighted by Gasteiger charge is 2.47. The second-order valence-corrected chi connectivity index (χ2v) is 10.5. The molecule has 0 radical (unpaired) electrons. The van der Waals surface area contributed by atoms with Gasteiger partial charge in [-0.05, 0) is 69.2 Å². The van der Waals surface area contributed by atoms with Gasteiger partial charge in [0.05, 0.1) is 18.6 Å². The predicted octanol–water partition coefficient (Wildman–Crippen LogP) is 3.21. The largest absolute Gasteiger partial charge is 0.481 e. The molecule has 2 saturated heterocycles. The molecule has 37 heavy (non-hydrogen) atoms. The van der Waals surface area contributed by atoms with Crippen molar-refractivity contribution in [3.05, 3.63) is 23.8 Å². The summed E-state index contributed by atoms with van der Waals surface area (Å²) in [5.41, 5.74) is 6.64. The summed E-state index contributed by atoms with van der Waals surface area (Å²) in [7, 11) is 0. The lowest BCUT2D eigenvalue weighted by Crippen LogP contribution is -2.45. The van der Waals surface area contributed by atoms with Crippen LogP contribution in [0.3, 0.4) is 0 Å². The number of carbonyl (C=O) groups excluding carboxylic acids is 1. The summed E-state index contributed by atoms with van der Waals surface area (Å²) in [5.74, 6) is -0.307. The van der Waals surface area contributed by atoms with Gasteiger partial charge in [0.25, 0.3) is 0 Å². The van der Waals surface area contributed by atoms with Gasteiger partial charge in [0.15, 0.2) is 11.5 Å². The number of amides is 1. The molecule has 9 nitrogen and oxygen atoms in total. The number of fused-ring (bicyclic) bond motifs is 1. The molecule has 3 heterocycles. The third-order valence-electron chi connectivity index (χ3n) is 8.02. The summed E-state index contributed by atoms with van der Waals surface area (Å²) in [6.45, 7) is 5.67. The Labute approximate surface area is 220 Å². The topological polar surface area (TPSA) is 115 Å². The van der Waals surface area contributed by atoms with Crippen LogP contribution in [-0.4, -0.2) is 85.1 Å². The van der Waals surface area contributed by atoms with Crippen molar-refractivity contribution in [2.45, 2.75) is 76.4 Å². The Balaban J connectivity index is 1.55.